The molecule has 1 saturated heterocycles. The normalized spacial score (nSPS) is 22.0. The van der Waals surface area contributed by atoms with Crippen molar-refractivity contribution >= 4 is 29.1 Å². The lowest BCUT2D eigenvalue weighted by Crippen LogP contribution is -2.43. The standard InChI is InChI=1S/C17H15Cl2NO2/c1-20-15(21)10-22-17(12-4-8-14(19)9-5-12)16(20)11-2-6-13(18)7-3-11/h2-9,16-17H,10H2,1H3. The summed E-state index contributed by atoms with van der Waals surface area (Å²) in [6.45, 7) is 0.0773. The van der Waals surface area contributed by atoms with Gasteiger partial charge in [-0.25, -0.2) is 0 Å². The zero-order chi connectivity index (χ0) is 15.7. The molecule has 2 atom stereocenters. The Hall–Kier alpha value is -1.55. The molecule has 1 aliphatic rings. The highest BCUT2D eigenvalue weighted by molar-refractivity contribution is 6.30. The summed E-state index contributed by atoms with van der Waals surface area (Å²) in [6, 6.07) is 14.8. The maximum Gasteiger partial charge on any atom is 0.248 e. The first-order valence-corrected chi connectivity index (χ1v) is 7.70. The van der Waals surface area contributed by atoms with Gasteiger partial charge in [-0.05, 0) is 35.4 Å². The van der Waals surface area contributed by atoms with E-state index in [1.807, 2.05) is 48.5 Å². The van der Waals surface area contributed by atoms with E-state index in [1.165, 1.54) is 0 Å². The molecule has 3 rings (SSSR count). The summed E-state index contributed by atoms with van der Waals surface area (Å²) in [6.07, 6.45) is -0.235. The van der Waals surface area contributed by atoms with Crippen LogP contribution < -0.4 is 0 Å². The van der Waals surface area contributed by atoms with Crippen molar-refractivity contribution < 1.29 is 9.53 Å². The van der Waals surface area contributed by atoms with Gasteiger partial charge in [0.25, 0.3) is 0 Å². The molecule has 0 radical (unpaired) electrons. The zero-order valence-electron chi connectivity index (χ0n) is 12.0. The van der Waals surface area contributed by atoms with Crippen LogP contribution in [0.1, 0.15) is 23.3 Å². The smallest absolute Gasteiger partial charge is 0.248 e. The molecule has 0 aliphatic carbocycles. The lowest BCUT2D eigenvalue weighted by Gasteiger charge is -2.39. The van der Waals surface area contributed by atoms with Crippen LogP contribution in [-0.4, -0.2) is 24.5 Å². The van der Waals surface area contributed by atoms with Crippen molar-refractivity contribution in [2.24, 2.45) is 0 Å². The Kier molecular flexibility index (Phi) is 4.39. The summed E-state index contributed by atoms with van der Waals surface area (Å²) in [5.41, 5.74) is 1.98. The third-order valence-electron chi connectivity index (χ3n) is 3.89. The molecule has 5 heteroatoms. The lowest BCUT2D eigenvalue weighted by molar-refractivity contribution is -0.155. The Balaban J connectivity index is 2.00. The highest BCUT2D eigenvalue weighted by Crippen LogP contribution is 2.39. The number of benzene rings is 2. The van der Waals surface area contributed by atoms with Gasteiger partial charge < -0.3 is 9.64 Å². The summed E-state index contributed by atoms with van der Waals surface area (Å²) in [4.78, 5) is 13.8. The van der Waals surface area contributed by atoms with Gasteiger partial charge in [-0.15, -0.1) is 0 Å². The third-order valence-corrected chi connectivity index (χ3v) is 4.40. The van der Waals surface area contributed by atoms with Crippen molar-refractivity contribution in [2.75, 3.05) is 13.7 Å². The molecule has 114 valence electrons. The SMILES string of the molecule is CN1C(=O)COC(c2ccc(Cl)cc2)C1c1ccc(Cl)cc1. The maximum atomic E-state index is 12.0. The second-order valence-corrected chi connectivity index (χ2v) is 6.16. The molecule has 0 bridgehead atoms. The van der Waals surface area contributed by atoms with E-state index in [9.17, 15) is 4.79 Å². The van der Waals surface area contributed by atoms with Crippen molar-refractivity contribution in [3.63, 3.8) is 0 Å². The van der Waals surface area contributed by atoms with Gasteiger partial charge >= 0.3 is 0 Å². The molecule has 0 saturated carbocycles. The maximum absolute atomic E-state index is 12.0. The third kappa shape index (κ3) is 2.98. The highest BCUT2D eigenvalue weighted by Gasteiger charge is 2.36. The number of rotatable bonds is 2. The molecule has 2 aromatic rings. The molecular formula is C17H15Cl2NO2. The number of likely N-dealkylation sites (N-methyl/N-ethyl adjacent to an activating group) is 1. The van der Waals surface area contributed by atoms with Crippen LogP contribution in [0.3, 0.4) is 0 Å². The molecule has 0 spiro atoms. The fourth-order valence-corrected chi connectivity index (χ4v) is 2.95. The number of halogens is 2. The van der Waals surface area contributed by atoms with Crippen molar-refractivity contribution in [3.8, 4) is 0 Å². The predicted molar refractivity (Wildman–Crippen MR) is 87.1 cm³/mol. The molecule has 1 aliphatic heterocycles. The number of amides is 1. The number of hydrogen-bond acceptors (Lipinski definition) is 2. The Morgan fingerprint density at radius 2 is 1.45 bits per heavy atom. The first-order chi connectivity index (χ1) is 10.6. The molecule has 2 unspecified atom stereocenters. The van der Waals surface area contributed by atoms with E-state index < -0.39 is 0 Å². The molecule has 1 fully saturated rings. The second-order valence-electron chi connectivity index (χ2n) is 5.28. The fourth-order valence-electron chi connectivity index (χ4n) is 2.70. The van der Waals surface area contributed by atoms with Crippen LogP contribution >= 0.6 is 23.2 Å². The van der Waals surface area contributed by atoms with Crippen LogP contribution in [0, 0.1) is 0 Å². The summed E-state index contributed by atoms with van der Waals surface area (Å²) in [7, 11) is 1.80. The summed E-state index contributed by atoms with van der Waals surface area (Å²) < 4.78 is 5.82. The molecule has 3 nitrogen and oxygen atoms in total. The van der Waals surface area contributed by atoms with Crippen molar-refractivity contribution in [2.45, 2.75) is 12.1 Å². The van der Waals surface area contributed by atoms with Crippen molar-refractivity contribution in [1.29, 1.82) is 0 Å². The molecule has 0 N–H and O–H groups in total. The first-order valence-electron chi connectivity index (χ1n) is 6.94. The van der Waals surface area contributed by atoms with Gasteiger partial charge in [0.2, 0.25) is 5.91 Å². The first kappa shape index (κ1) is 15.3. The minimum atomic E-state index is -0.235. The van der Waals surface area contributed by atoms with E-state index in [0.29, 0.717) is 10.0 Å². The number of carbonyl (C=O) groups is 1. The van der Waals surface area contributed by atoms with Crippen LogP contribution in [0.5, 0.6) is 0 Å². The monoisotopic (exact) mass is 335 g/mol. The summed E-state index contributed by atoms with van der Waals surface area (Å²) >= 11 is 11.9. The Labute approximate surface area is 139 Å². The topological polar surface area (TPSA) is 29.5 Å². The quantitative estimate of drug-likeness (QED) is 0.820. The minimum Gasteiger partial charge on any atom is -0.361 e. The molecule has 1 heterocycles. The van der Waals surface area contributed by atoms with Gasteiger partial charge in [-0.2, -0.15) is 0 Å². The zero-order valence-corrected chi connectivity index (χ0v) is 13.5. The molecular weight excluding hydrogens is 321 g/mol. The molecule has 0 aromatic heterocycles. The molecule has 22 heavy (non-hydrogen) atoms. The van der Waals surface area contributed by atoms with Crippen LogP contribution in [0.15, 0.2) is 48.5 Å². The average molecular weight is 336 g/mol. The van der Waals surface area contributed by atoms with Crippen molar-refractivity contribution in [1.82, 2.24) is 4.90 Å². The highest BCUT2D eigenvalue weighted by atomic mass is 35.5. The number of morpholine rings is 1. The van der Waals surface area contributed by atoms with Gasteiger partial charge in [-0.3, -0.25) is 4.79 Å². The molecule has 1 amide bonds. The van der Waals surface area contributed by atoms with E-state index >= 15 is 0 Å². The Bertz CT molecular complexity index is 670. The largest absolute Gasteiger partial charge is 0.361 e. The van der Waals surface area contributed by atoms with Crippen molar-refractivity contribution in [3.05, 3.63) is 69.7 Å². The minimum absolute atomic E-state index is 0.0369. The van der Waals surface area contributed by atoms with Gasteiger partial charge in [0.1, 0.15) is 12.7 Å². The van der Waals surface area contributed by atoms with Crippen LogP contribution in [0.25, 0.3) is 0 Å². The number of nitrogens with zero attached hydrogens (tertiary/aromatic N) is 1. The predicted octanol–water partition coefficient (Wildman–Crippen LogP) is 4.26. The van der Waals surface area contributed by atoms with Gasteiger partial charge in [0, 0.05) is 17.1 Å². The van der Waals surface area contributed by atoms with Gasteiger partial charge in [0.15, 0.2) is 0 Å². The number of carbonyl (C=O) groups excluding carboxylic acids is 1. The van der Waals surface area contributed by atoms with Gasteiger partial charge in [0.05, 0.1) is 6.04 Å². The fraction of sp³-hybridized carbons (Fsp3) is 0.235. The lowest BCUT2D eigenvalue weighted by atomic mass is 9.93. The van der Waals surface area contributed by atoms with Gasteiger partial charge in [-0.1, -0.05) is 47.5 Å². The van der Waals surface area contributed by atoms with E-state index in [-0.39, 0.29) is 24.7 Å². The van der Waals surface area contributed by atoms with Crippen LogP contribution in [-0.2, 0) is 9.53 Å². The Morgan fingerprint density at radius 3 is 2.00 bits per heavy atom. The molecule has 2 aromatic carbocycles. The summed E-state index contributed by atoms with van der Waals surface area (Å²) in [5, 5.41) is 1.34. The van der Waals surface area contributed by atoms with Crippen LogP contribution in [0.4, 0.5) is 0 Å². The number of ether oxygens (including phenoxy) is 1. The van der Waals surface area contributed by atoms with E-state index in [0.717, 1.165) is 11.1 Å². The number of hydrogen-bond donors (Lipinski definition) is 0. The van der Waals surface area contributed by atoms with E-state index in [1.54, 1.807) is 11.9 Å². The average Bonchev–Trinajstić information content (AvgIpc) is 2.52. The van der Waals surface area contributed by atoms with E-state index in [4.69, 9.17) is 27.9 Å². The van der Waals surface area contributed by atoms with E-state index in [2.05, 4.69) is 0 Å². The van der Waals surface area contributed by atoms with Crippen LogP contribution in [0.2, 0.25) is 10.0 Å². The summed E-state index contributed by atoms with van der Waals surface area (Å²) in [5.74, 6) is -0.0369. The Morgan fingerprint density at radius 1 is 0.955 bits per heavy atom. The second kappa shape index (κ2) is 6.29.